The Morgan fingerprint density at radius 1 is 1.00 bits per heavy atom. The number of carbonyl (C=O) groups excluding carboxylic acids is 1. The van der Waals surface area contributed by atoms with E-state index in [0.717, 1.165) is 8.61 Å². The number of ether oxygens (including phenoxy) is 2. The highest BCUT2D eigenvalue weighted by atomic mass is 32.2. The molecule has 0 unspecified atom stereocenters. The predicted octanol–water partition coefficient (Wildman–Crippen LogP) is 1.96. The van der Waals surface area contributed by atoms with Gasteiger partial charge in [0.25, 0.3) is 0 Å². The lowest BCUT2D eigenvalue weighted by Crippen LogP contribution is -2.44. The maximum Gasteiger partial charge on any atom is 0.304 e. The maximum absolute atomic E-state index is 12.6. The number of amides is 1. The minimum atomic E-state index is -3.84. The summed E-state index contributed by atoms with van der Waals surface area (Å²) in [6, 6.07) is 13.3. The normalized spacial score (nSPS) is 11.1. The van der Waals surface area contributed by atoms with Crippen molar-refractivity contribution in [1.82, 2.24) is 4.31 Å². The first-order valence-corrected chi connectivity index (χ1v) is 9.46. The van der Waals surface area contributed by atoms with Crippen LogP contribution in [0.3, 0.4) is 0 Å². The molecule has 27 heavy (non-hydrogen) atoms. The molecule has 1 amide bonds. The van der Waals surface area contributed by atoms with Crippen LogP contribution in [0.25, 0.3) is 0 Å². The van der Waals surface area contributed by atoms with Crippen LogP contribution in [0.4, 0.5) is 11.4 Å². The Hall–Kier alpha value is -2.78. The highest BCUT2D eigenvalue weighted by Gasteiger charge is 2.27. The number of hydrogen-bond acceptors (Lipinski definition) is 5. The monoisotopic (exact) mass is 393 g/mol. The molecule has 0 aliphatic rings. The molecule has 0 atom stereocenters. The molecule has 0 aliphatic heterocycles. The smallest absolute Gasteiger partial charge is 0.304 e. The van der Waals surface area contributed by atoms with Gasteiger partial charge < -0.3 is 14.8 Å². The van der Waals surface area contributed by atoms with Gasteiger partial charge >= 0.3 is 10.2 Å². The van der Waals surface area contributed by atoms with Gasteiger partial charge in [-0.25, -0.2) is 4.31 Å². The Morgan fingerprint density at radius 3 is 2.19 bits per heavy atom. The summed E-state index contributed by atoms with van der Waals surface area (Å²) in [6.45, 7) is -0.376. The van der Waals surface area contributed by atoms with Gasteiger partial charge in [-0.1, -0.05) is 18.2 Å². The van der Waals surface area contributed by atoms with Gasteiger partial charge in [0, 0.05) is 25.8 Å². The molecule has 2 aromatic rings. The number of anilines is 2. The first kappa shape index (κ1) is 20.5. The molecule has 0 radical (unpaired) electrons. The molecule has 146 valence electrons. The molecular weight excluding hydrogens is 370 g/mol. The van der Waals surface area contributed by atoms with Gasteiger partial charge in [0.15, 0.2) is 11.5 Å². The second-order valence-electron chi connectivity index (χ2n) is 5.75. The zero-order chi connectivity index (χ0) is 20.0. The Bertz CT molecular complexity index is 885. The topological polar surface area (TPSA) is 88.2 Å². The van der Waals surface area contributed by atoms with Crippen LogP contribution in [0.2, 0.25) is 0 Å². The van der Waals surface area contributed by atoms with Crippen LogP contribution >= 0.6 is 0 Å². The van der Waals surface area contributed by atoms with E-state index in [-0.39, 0.29) is 6.54 Å². The van der Waals surface area contributed by atoms with Gasteiger partial charge in [0.2, 0.25) is 5.91 Å². The highest BCUT2D eigenvalue weighted by molar-refractivity contribution is 7.90. The number of methoxy groups -OCH3 is 2. The number of benzene rings is 2. The lowest BCUT2D eigenvalue weighted by atomic mass is 10.2. The Morgan fingerprint density at radius 2 is 1.63 bits per heavy atom. The van der Waals surface area contributed by atoms with E-state index in [2.05, 4.69) is 5.32 Å². The third-order valence-electron chi connectivity index (χ3n) is 3.74. The summed E-state index contributed by atoms with van der Waals surface area (Å²) in [7, 11) is 1.99. The molecule has 0 aliphatic carbocycles. The SMILES string of the molecule is COc1ccc(NC(=O)CN(c2ccccc2)S(=O)(=O)N(C)C)cc1OC. The molecule has 0 spiro atoms. The fraction of sp³-hybridized carbons (Fsp3) is 0.278. The average molecular weight is 393 g/mol. The molecule has 2 rings (SSSR count). The summed E-state index contributed by atoms with van der Waals surface area (Å²) >= 11 is 0. The van der Waals surface area contributed by atoms with Crippen LogP contribution in [-0.4, -0.2) is 53.5 Å². The van der Waals surface area contributed by atoms with Crippen molar-refractivity contribution in [3.8, 4) is 11.5 Å². The van der Waals surface area contributed by atoms with E-state index < -0.39 is 16.1 Å². The van der Waals surface area contributed by atoms with Gasteiger partial charge in [-0.05, 0) is 24.3 Å². The van der Waals surface area contributed by atoms with Crippen LogP contribution in [0, 0.1) is 0 Å². The molecule has 9 heteroatoms. The second-order valence-corrected chi connectivity index (χ2v) is 7.82. The van der Waals surface area contributed by atoms with Gasteiger partial charge in [-0.15, -0.1) is 0 Å². The van der Waals surface area contributed by atoms with E-state index >= 15 is 0 Å². The lowest BCUT2D eigenvalue weighted by molar-refractivity contribution is -0.114. The van der Waals surface area contributed by atoms with E-state index in [9.17, 15) is 13.2 Å². The Labute approximate surface area is 159 Å². The number of rotatable bonds is 8. The third-order valence-corrected chi connectivity index (χ3v) is 5.56. The van der Waals surface area contributed by atoms with Gasteiger partial charge in [0.1, 0.15) is 6.54 Å². The standard InChI is InChI=1S/C18H23N3O5S/c1-20(2)27(23,24)21(15-8-6-5-7-9-15)13-18(22)19-14-10-11-16(25-3)17(12-14)26-4/h5-12H,13H2,1-4H3,(H,19,22). The number of nitrogens with one attached hydrogen (secondary N) is 1. The molecule has 8 nitrogen and oxygen atoms in total. The van der Waals surface area contributed by atoms with Gasteiger partial charge in [-0.2, -0.15) is 12.7 Å². The van der Waals surface area contributed by atoms with Crippen molar-refractivity contribution in [3.63, 3.8) is 0 Å². The first-order valence-electron chi connectivity index (χ1n) is 8.06. The summed E-state index contributed by atoms with van der Waals surface area (Å²) in [5.74, 6) is 0.490. The van der Waals surface area contributed by atoms with Crippen molar-refractivity contribution in [1.29, 1.82) is 0 Å². The Balaban J connectivity index is 2.24. The fourth-order valence-electron chi connectivity index (χ4n) is 2.34. The van der Waals surface area contributed by atoms with E-state index in [1.165, 1.54) is 28.3 Å². The largest absolute Gasteiger partial charge is 0.493 e. The van der Waals surface area contributed by atoms with Gasteiger partial charge in [0.05, 0.1) is 19.9 Å². The highest BCUT2D eigenvalue weighted by Crippen LogP contribution is 2.29. The van der Waals surface area contributed by atoms with Crippen molar-refractivity contribution in [2.45, 2.75) is 0 Å². The van der Waals surface area contributed by atoms with Crippen LogP contribution < -0.4 is 19.1 Å². The van der Waals surface area contributed by atoms with E-state index in [4.69, 9.17) is 9.47 Å². The molecule has 0 heterocycles. The lowest BCUT2D eigenvalue weighted by Gasteiger charge is -2.26. The minimum absolute atomic E-state index is 0.376. The van der Waals surface area contributed by atoms with Crippen LogP contribution in [0.15, 0.2) is 48.5 Å². The number of carbonyl (C=O) groups is 1. The number of nitrogens with zero attached hydrogens (tertiary/aromatic N) is 2. The quantitative estimate of drug-likeness (QED) is 0.741. The molecule has 0 saturated carbocycles. The third kappa shape index (κ3) is 4.89. The number of hydrogen-bond donors (Lipinski definition) is 1. The summed E-state index contributed by atoms with van der Waals surface area (Å²) in [5, 5.41) is 2.68. The fourth-order valence-corrected chi connectivity index (χ4v) is 3.41. The van der Waals surface area contributed by atoms with E-state index in [1.807, 2.05) is 0 Å². The molecule has 0 fully saturated rings. The van der Waals surface area contributed by atoms with Crippen molar-refractivity contribution in [2.75, 3.05) is 44.5 Å². The molecule has 0 aromatic heterocycles. The Kier molecular flexibility index (Phi) is 6.65. The second kappa shape index (κ2) is 8.74. The van der Waals surface area contributed by atoms with Crippen LogP contribution in [0.1, 0.15) is 0 Å². The van der Waals surface area contributed by atoms with Crippen molar-refractivity contribution < 1.29 is 22.7 Å². The zero-order valence-corrected chi connectivity index (χ0v) is 16.5. The van der Waals surface area contributed by atoms with E-state index in [0.29, 0.717) is 22.9 Å². The number of para-hydroxylation sites is 1. The van der Waals surface area contributed by atoms with E-state index in [1.54, 1.807) is 48.5 Å². The summed E-state index contributed by atoms with van der Waals surface area (Å²) in [5.41, 5.74) is 0.863. The molecule has 2 aromatic carbocycles. The molecule has 0 saturated heterocycles. The van der Waals surface area contributed by atoms with Crippen molar-refractivity contribution in [3.05, 3.63) is 48.5 Å². The summed E-state index contributed by atoms with van der Waals surface area (Å²) in [4.78, 5) is 12.5. The van der Waals surface area contributed by atoms with Gasteiger partial charge in [-0.3, -0.25) is 4.79 Å². The first-order chi connectivity index (χ1) is 12.8. The summed E-state index contributed by atoms with van der Waals surface area (Å²) in [6.07, 6.45) is 0. The van der Waals surface area contributed by atoms with Crippen molar-refractivity contribution in [2.24, 2.45) is 0 Å². The predicted molar refractivity (Wildman–Crippen MR) is 105 cm³/mol. The minimum Gasteiger partial charge on any atom is -0.493 e. The zero-order valence-electron chi connectivity index (χ0n) is 15.7. The summed E-state index contributed by atoms with van der Waals surface area (Å²) < 4.78 is 37.7. The molecule has 0 bridgehead atoms. The molecular formula is C18H23N3O5S. The molecule has 1 N–H and O–H groups in total. The van der Waals surface area contributed by atoms with Crippen molar-refractivity contribution >= 4 is 27.5 Å². The van der Waals surface area contributed by atoms with Crippen LogP contribution in [-0.2, 0) is 15.0 Å². The van der Waals surface area contributed by atoms with Crippen LogP contribution in [0.5, 0.6) is 11.5 Å². The average Bonchev–Trinajstić information content (AvgIpc) is 2.66. The maximum atomic E-state index is 12.6.